The molecule has 0 aromatic rings. The van der Waals surface area contributed by atoms with Crippen LogP contribution in [-0.4, -0.2) is 87.4 Å². The minimum Gasteiger partial charge on any atom is -0.477 e. The molecule has 0 aliphatic carbocycles. The summed E-state index contributed by atoms with van der Waals surface area (Å²) < 4.78 is 23.1. The van der Waals surface area contributed by atoms with Crippen LogP contribution >= 0.6 is 0 Å². The molecule has 9 heteroatoms. The van der Waals surface area contributed by atoms with Crippen molar-refractivity contribution < 1.29 is 42.9 Å². The fourth-order valence-corrected chi connectivity index (χ4v) is 13.7. The minimum absolute atomic E-state index is 0.177. The molecule has 105 heavy (non-hydrogen) atoms. The van der Waals surface area contributed by atoms with Gasteiger partial charge in [-0.3, -0.25) is 9.59 Å². The highest BCUT2D eigenvalue weighted by Crippen LogP contribution is 2.21. The van der Waals surface area contributed by atoms with E-state index >= 15 is 0 Å². The van der Waals surface area contributed by atoms with E-state index in [1.165, 1.54) is 347 Å². The lowest BCUT2D eigenvalue weighted by atomic mass is 10.0. The lowest BCUT2D eigenvalue weighted by Crippen LogP contribution is -2.40. The van der Waals surface area contributed by atoms with E-state index in [1.54, 1.807) is 0 Å². The Morgan fingerprint density at radius 1 is 0.295 bits per heavy atom. The van der Waals surface area contributed by atoms with Crippen molar-refractivity contribution in [1.29, 1.82) is 0 Å². The Morgan fingerprint density at radius 3 is 0.810 bits per heavy atom. The molecule has 0 aliphatic rings. The largest absolute Gasteiger partial charge is 0.477 e. The number of ether oxygens (including phenoxy) is 4. The maximum Gasteiger partial charge on any atom is 0.361 e. The molecule has 0 saturated heterocycles. The van der Waals surface area contributed by atoms with Gasteiger partial charge in [0.15, 0.2) is 6.10 Å². The van der Waals surface area contributed by atoms with Gasteiger partial charge in [0.2, 0.25) is 0 Å². The number of likely N-dealkylation sites (N-methyl/N-ethyl adjacent to an activating group) is 1. The van der Waals surface area contributed by atoms with Gasteiger partial charge >= 0.3 is 17.9 Å². The number of rotatable bonds is 86. The summed E-state index contributed by atoms with van der Waals surface area (Å²) in [6.07, 6.45) is 117. The summed E-state index contributed by atoms with van der Waals surface area (Å²) in [7, 11) is 6.00. The zero-order valence-electron chi connectivity index (χ0n) is 70.4. The molecule has 0 heterocycles. The van der Waals surface area contributed by atoms with Crippen molar-refractivity contribution >= 4 is 17.9 Å². The van der Waals surface area contributed by atoms with E-state index in [-0.39, 0.29) is 38.2 Å². The third-order valence-electron chi connectivity index (χ3n) is 20.6. The molecule has 612 valence electrons. The van der Waals surface area contributed by atoms with Crippen LogP contribution in [-0.2, 0) is 33.3 Å². The summed E-state index contributed by atoms with van der Waals surface area (Å²) in [6, 6.07) is 0. The second kappa shape index (κ2) is 86.1. The van der Waals surface area contributed by atoms with Gasteiger partial charge in [-0.15, -0.1) is 0 Å². The molecular formula is C96H176NO8+. The monoisotopic (exact) mass is 1470 g/mol. The Balaban J connectivity index is 3.89. The summed E-state index contributed by atoms with van der Waals surface area (Å²) >= 11 is 0. The number of hydrogen-bond donors (Lipinski definition) is 1. The number of aliphatic carboxylic acids is 1. The minimum atomic E-state index is -1.51. The highest BCUT2D eigenvalue weighted by molar-refractivity contribution is 5.71. The molecule has 0 amide bonds. The number of quaternary nitrogens is 1. The summed E-state index contributed by atoms with van der Waals surface area (Å²) in [4.78, 5) is 37.8. The zero-order chi connectivity index (χ0) is 76.0. The fourth-order valence-electron chi connectivity index (χ4n) is 13.7. The van der Waals surface area contributed by atoms with Gasteiger partial charge < -0.3 is 28.5 Å². The van der Waals surface area contributed by atoms with Crippen molar-refractivity contribution in [2.24, 2.45) is 0 Å². The van der Waals surface area contributed by atoms with Crippen LogP contribution in [0.25, 0.3) is 0 Å². The maximum absolute atomic E-state index is 13.0. The SMILES string of the molecule is CC/C=C\C/C=C\C/C=C\C/C=C\CCCCCCCCCCCCCCCCCCCCCCCCCCCCC(=O)OC(COC(=O)CCCCCCCCCCCCCCCCCCCCCCCCCCCC/C=C\C/C=C\C/C=C\CCCCCCC)COC(OCC[N+](C)(C)C)C(=O)O. The molecular weight excluding hydrogens is 1300 g/mol. The summed E-state index contributed by atoms with van der Waals surface area (Å²) in [5, 5.41) is 9.80. The number of allylic oxidation sites excluding steroid dienone is 14. The first-order valence-electron chi connectivity index (χ1n) is 45.8. The van der Waals surface area contributed by atoms with Crippen molar-refractivity contribution in [3.63, 3.8) is 0 Å². The van der Waals surface area contributed by atoms with Crippen molar-refractivity contribution in [2.45, 2.75) is 463 Å². The Kier molecular flexibility index (Phi) is 83.2. The van der Waals surface area contributed by atoms with Crippen LogP contribution in [0, 0.1) is 0 Å². The highest BCUT2D eigenvalue weighted by atomic mass is 16.7. The maximum atomic E-state index is 13.0. The molecule has 0 rings (SSSR count). The molecule has 0 fully saturated rings. The number of unbranched alkanes of at least 4 members (excludes halogenated alkanes) is 57. The number of esters is 2. The Labute approximate surface area is 652 Å². The quantitative estimate of drug-likeness (QED) is 0.0211. The molecule has 0 radical (unpaired) electrons. The average molecular weight is 1470 g/mol. The lowest BCUT2D eigenvalue weighted by Gasteiger charge is -2.25. The van der Waals surface area contributed by atoms with Crippen LogP contribution < -0.4 is 0 Å². The van der Waals surface area contributed by atoms with Crippen LogP contribution in [0.5, 0.6) is 0 Å². The van der Waals surface area contributed by atoms with Gasteiger partial charge in [-0.1, -0.05) is 433 Å². The third-order valence-corrected chi connectivity index (χ3v) is 20.6. The first-order chi connectivity index (χ1) is 51.6. The molecule has 1 N–H and O–H groups in total. The van der Waals surface area contributed by atoms with E-state index in [2.05, 4.69) is 98.9 Å². The topological polar surface area (TPSA) is 108 Å². The first-order valence-corrected chi connectivity index (χ1v) is 45.8. The normalized spacial score (nSPS) is 13.0. The Hall–Kier alpha value is -3.53. The molecule has 0 spiro atoms. The van der Waals surface area contributed by atoms with E-state index in [9.17, 15) is 19.5 Å². The Bertz CT molecular complexity index is 2010. The van der Waals surface area contributed by atoms with E-state index in [0.717, 1.165) is 77.0 Å². The van der Waals surface area contributed by atoms with Gasteiger partial charge in [-0.2, -0.15) is 0 Å². The van der Waals surface area contributed by atoms with Gasteiger partial charge in [0, 0.05) is 12.8 Å². The van der Waals surface area contributed by atoms with Crippen LogP contribution in [0.1, 0.15) is 450 Å². The number of nitrogens with zero attached hydrogens (tertiary/aromatic N) is 1. The molecule has 9 nitrogen and oxygen atoms in total. The van der Waals surface area contributed by atoms with E-state index < -0.39 is 18.4 Å². The van der Waals surface area contributed by atoms with Crippen molar-refractivity contribution in [1.82, 2.24) is 0 Å². The van der Waals surface area contributed by atoms with Gasteiger partial charge in [-0.05, 0) is 89.9 Å². The standard InChI is InChI=1S/C96H175NO8/c1-6-8-10-12-14-16-18-20-22-24-26-28-30-32-34-36-38-40-42-44-46-47-49-50-52-54-56-58-60-62-64-66-68-70-72-74-76-78-80-82-84-86-93(98)103-90-92(91-104-96(95(100)101)102-89-88-97(3,4)5)105-94(99)87-85-83-81-79-77-75-73-71-69-67-65-63-61-59-57-55-53-51-48-45-43-41-39-37-35-33-31-29-27-25-23-21-19-17-15-13-11-9-7-2/h9,11,15,17-18,20-21,23-24,26-27,29-30,32,92,96H,6-8,10,12-14,16,19,22,25,28,31,33-91H2,1-5H3/p+1/b11-9-,17-15-,20-18-,23-21-,26-24-,29-27-,32-30-. The predicted octanol–water partition coefficient (Wildman–Crippen LogP) is 30.1. The Morgan fingerprint density at radius 2 is 0.543 bits per heavy atom. The van der Waals surface area contributed by atoms with Crippen molar-refractivity contribution in [3.8, 4) is 0 Å². The third kappa shape index (κ3) is 87.6. The summed E-state index contributed by atoms with van der Waals surface area (Å²) in [5.74, 6) is -1.97. The van der Waals surface area contributed by atoms with Crippen LogP contribution in [0.3, 0.4) is 0 Å². The number of carboxylic acid groups (broad SMARTS) is 1. The summed E-state index contributed by atoms with van der Waals surface area (Å²) in [5.41, 5.74) is 0. The number of carboxylic acids is 1. The van der Waals surface area contributed by atoms with Gasteiger partial charge in [-0.25, -0.2) is 4.79 Å². The van der Waals surface area contributed by atoms with Crippen molar-refractivity contribution in [3.05, 3.63) is 85.1 Å². The number of carbonyl (C=O) groups excluding carboxylic acids is 2. The van der Waals surface area contributed by atoms with Crippen LogP contribution in [0.2, 0.25) is 0 Å². The molecule has 2 unspecified atom stereocenters. The second-order valence-corrected chi connectivity index (χ2v) is 32.2. The number of carbonyl (C=O) groups is 3. The molecule has 0 aromatic carbocycles. The zero-order valence-corrected chi connectivity index (χ0v) is 70.4. The molecule has 0 saturated carbocycles. The highest BCUT2D eigenvalue weighted by Gasteiger charge is 2.25. The van der Waals surface area contributed by atoms with Gasteiger partial charge in [0.05, 0.1) is 34.4 Å². The van der Waals surface area contributed by atoms with Crippen LogP contribution in [0.4, 0.5) is 0 Å². The van der Waals surface area contributed by atoms with Gasteiger partial charge in [0.1, 0.15) is 13.2 Å². The fraction of sp³-hybridized carbons (Fsp3) is 0.823. The van der Waals surface area contributed by atoms with E-state index in [4.69, 9.17) is 18.9 Å². The van der Waals surface area contributed by atoms with Crippen LogP contribution in [0.15, 0.2) is 85.1 Å². The second-order valence-electron chi connectivity index (χ2n) is 32.2. The smallest absolute Gasteiger partial charge is 0.361 e. The molecule has 2 atom stereocenters. The molecule has 0 aromatic heterocycles. The van der Waals surface area contributed by atoms with Crippen molar-refractivity contribution in [2.75, 3.05) is 47.5 Å². The van der Waals surface area contributed by atoms with Gasteiger partial charge in [0.25, 0.3) is 6.29 Å². The van der Waals surface area contributed by atoms with E-state index in [0.29, 0.717) is 17.4 Å². The van der Waals surface area contributed by atoms with E-state index in [1.807, 2.05) is 21.1 Å². The molecule has 0 bridgehead atoms. The summed E-state index contributed by atoms with van der Waals surface area (Å²) in [6.45, 7) is 4.83. The number of hydrogen-bond acceptors (Lipinski definition) is 7. The lowest BCUT2D eigenvalue weighted by molar-refractivity contribution is -0.870. The average Bonchev–Trinajstić information content (AvgIpc) is 1.97. The predicted molar refractivity (Wildman–Crippen MR) is 456 cm³/mol. The molecule has 0 aliphatic heterocycles. The first kappa shape index (κ1) is 101.